The highest BCUT2D eigenvalue weighted by atomic mass is 15.1. The Hall–Kier alpha value is -2.33. The summed E-state index contributed by atoms with van der Waals surface area (Å²) in [6.07, 6.45) is 14.3. The maximum atomic E-state index is 4.67. The number of aromatic nitrogens is 3. The molecule has 0 bridgehead atoms. The standard InChI is InChI=1S/C22H26N4/c1-26(16-20-9-5-8-19-14-23-11-10-21(19)20)15-17-12-24-22(25-13-17)18-6-3-2-4-7-18/h5,8-14,18H,2-4,6-7,15-16H2,1H3. The molecule has 2 aromatic heterocycles. The molecule has 1 saturated carbocycles. The van der Waals surface area contributed by atoms with Gasteiger partial charge in [-0.15, -0.1) is 0 Å². The quantitative estimate of drug-likeness (QED) is 0.671. The third kappa shape index (κ3) is 3.91. The van der Waals surface area contributed by atoms with Gasteiger partial charge in [0.05, 0.1) is 0 Å². The lowest BCUT2D eigenvalue weighted by atomic mass is 9.89. The molecule has 3 aromatic rings. The first kappa shape index (κ1) is 17.1. The minimum atomic E-state index is 0.569. The summed E-state index contributed by atoms with van der Waals surface area (Å²) < 4.78 is 0. The van der Waals surface area contributed by atoms with Gasteiger partial charge in [0.15, 0.2) is 0 Å². The van der Waals surface area contributed by atoms with E-state index < -0.39 is 0 Å². The molecule has 0 unspecified atom stereocenters. The third-order valence-electron chi connectivity index (χ3n) is 5.36. The van der Waals surface area contributed by atoms with E-state index in [-0.39, 0.29) is 0 Å². The van der Waals surface area contributed by atoms with Gasteiger partial charge in [-0.05, 0) is 36.9 Å². The van der Waals surface area contributed by atoms with Crippen molar-refractivity contribution in [2.24, 2.45) is 0 Å². The molecule has 0 saturated heterocycles. The Balaban J connectivity index is 1.42. The molecule has 0 spiro atoms. The van der Waals surface area contributed by atoms with Crippen LogP contribution < -0.4 is 0 Å². The Bertz CT molecular complexity index is 848. The Morgan fingerprint density at radius 2 is 1.77 bits per heavy atom. The smallest absolute Gasteiger partial charge is 0.131 e. The molecule has 0 radical (unpaired) electrons. The van der Waals surface area contributed by atoms with Gasteiger partial charge in [0.1, 0.15) is 5.82 Å². The normalized spacial score (nSPS) is 15.6. The van der Waals surface area contributed by atoms with E-state index in [1.54, 1.807) is 0 Å². The van der Waals surface area contributed by atoms with Gasteiger partial charge in [0.2, 0.25) is 0 Å². The van der Waals surface area contributed by atoms with E-state index in [0.717, 1.165) is 18.9 Å². The third-order valence-corrected chi connectivity index (χ3v) is 5.36. The van der Waals surface area contributed by atoms with E-state index in [4.69, 9.17) is 0 Å². The van der Waals surface area contributed by atoms with Crippen LogP contribution >= 0.6 is 0 Å². The zero-order valence-corrected chi connectivity index (χ0v) is 15.4. The highest BCUT2D eigenvalue weighted by Gasteiger charge is 2.17. The van der Waals surface area contributed by atoms with E-state index in [1.807, 2.05) is 24.8 Å². The lowest BCUT2D eigenvalue weighted by molar-refractivity contribution is 0.319. The maximum absolute atomic E-state index is 4.67. The fourth-order valence-corrected chi connectivity index (χ4v) is 4.00. The Morgan fingerprint density at radius 3 is 2.58 bits per heavy atom. The molecule has 4 rings (SSSR count). The summed E-state index contributed by atoms with van der Waals surface area (Å²) in [6, 6.07) is 8.51. The fourth-order valence-electron chi connectivity index (χ4n) is 4.00. The average Bonchev–Trinajstić information content (AvgIpc) is 2.69. The molecule has 2 heterocycles. The topological polar surface area (TPSA) is 41.9 Å². The molecule has 1 aromatic carbocycles. The summed E-state index contributed by atoms with van der Waals surface area (Å²) in [5.41, 5.74) is 2.50. The van der Waals surface area contributed by atoms with E-state index >= 15 is 0 Å². The van der Waals surface area contributed by atoms with Crippen LogP contribution in [0.15, 0.2) is 49.1 Å². The SMILES string of the molecule is CN(Cc1cnc(C2CCCCC2)nc1)Cc1cccc2cnccc12. The van der Waals surface area contributed by atoms with Crippen molar-refractivity contribution in [3.05, 3.63) is 66.0 Å². The Kier molecular flexibility index (Phi) is 5.21. The largest absolute Gasteiger partial charge is 0.298 e. The molecule has 0 amide bonds. The van der Waals surface area contributed by atoms with Gasteiger partial charge < -0.3 is 0 Å². The van der Waals surface area contributed by atoms with E-state index in [9.17, 15) is 0 Å². The zero-order valence-electron chi connectivity index (χ0n) is 15.4. The van der Waals surface area contributed by atoms with E-state index in [2.05, 4.69) is 51.2 Å². The minimum absolute atomic E-state index is 0.569. The number of hydrogen-bond acceptors (Lipinski definition) is 4. The van der Waals surface area contributed by atoms with Crippen LogP contribution in [-0.4, -0.2) is 26.9 Å². The predicted octanol–water partition coefficient (Wildman–Crippen LogP) is 4.70. The van der Waals surface area contributed by atoms with Crippen molar-refractivity contribution >= 4 is 10.8 Å². The first-order valence-electron chi connectivity index (χ1n) is 9.60. The minimum Gasteiger partial charge on any atom is -0.298 e. The van der Waals surface area contributed by atoms with Crippen molar-refractivity contribution in [1.82, 2.24) is 19.9 Å². The van der Waals surface area contributed by atoms with Gasteiger partial charge in [0, 0.05) is 54.7 Å². The summed E-state index contributed by atoms with van der Waals surface area (Å²) in [5.74, 6) is 1.61. The van der Waals surface area contributed by atoms with Crippen molar-refractivity contribution in [3.63, 3.8) is 0 Å². The fraction of sp³-hybridized carbons (Fsp3) is 0.409. The highest BCUT2D eigenvalue weighted by Crippen LogP contribution is 2.30. The molecule has 0 atom stereocenters. The van der Waals surface area contributed by atoms with E-state index in [1.165, 1.54) is 54.0 Å². The highest BCUT2D eigenvalue weighted by molar-refractivity contribution is 5.84. The summed E-state index contributed by atoms with van der Waals surface area (Å²) in [4.78, 5) is 15.9. The summed E-state index contributed by atoms with van der Waals surface area (Å²) in [5, 5.41) is 2.47. The molecule has 0 N–H and O–H groups in total. The number of rotatable bonds is 5. The molecule has 1 aliphatic rings. The lowest BCUT2D eigenvalue weighted by Gasteiger charge is -2.21. The summed E-state index contributed by atoms with van der Waals surface area (Å²) >= 11 is 0. The van der Waals surface area contributed by atoms with Crippen LogP contribution in [0, 0.1) is 0 Å². The first-order valence-corrected chi connectivity index (χ1v) is 9.60. The second-order valence-corrected chi connectivity index (χ2v) is 7.47. The second kappa shape index (κ2) is 7.92. The van der Waals surface area contributed by atoms with Crippen molar-refractivity contribution in [1.29, 1.82) is 0 Å². The van der Waals surface area contributed by atoms with Gasteiger partial charge >= 0.3 is 0 Å². The van der Waals surface area contributed by atoms with Crippen molar-refractivity contribution in [2.45, 2.75) is 51.1 Å². The molecule has 4 nitrogen and oxygen atoms in total. The molecular formula is C22H26N4. The molecule has 26 heavy (non-hydrogen) atoms. The van der Waals surface area contributed by atoms with Crippen LogP contribution in [0.4, 0.5) is 0 Å². The molecular weight excluding hydrogens is 320 g/mol. The van der Waals surface area contributed by atoms with Crippen molar-refractivity contribution in [3.8, 4) is 0 Å². The Morgan fingerprint density at radius 1 is 0.962 bits per heavy atom. The van der Waals surface area contributed by atoms with Crippen LogP contribution in [0.2, 0.25) is 0 Å². The molecule has 0 aliphatic heterocycles. The number of pyridine rings is 1. The van der Waals surface area contributed by atoms with E-state index in [0.29, 0.717) is 5.92 Å². The zero-order chi connectivity index (χ0) is 17.8. The van der Waals surface area contributed by atoms with Gasteiger partial charge in [-0.1, -0.05) is 37.5 Å². The van der Waals surface area contributed by atoms with Gasteiger partial charge in [0.25, 0.3) is 0 Å². The average molecular weight is 346 g/mol. The lowest BCUT2D eigenvalue weighted by Crippen LogP contribution is -2.18. The van der Waals surface area contributed by atoms with Crippen LogP contribution in [-0.2, 0) is 13.1 Å². The Labute approximate surface area is 155 Å². The van der Waals surface area contributed by atoms with Crippen LogP contribution in [0.5, 0.6) is 0 Å². The second-order valence-electron chi connectivity index (χ2n) is 7.47. The van der Waals surface area contributed by atoms with Crippen LogP contribution in [0.3, 0.4) is 0 Å². The number of nitrogens with zero attached hydrogens (tertiary/aromatic N) is 4. The monoisotopic (exact) mass is 346 g/mol. The molecule has 1 aliphatic carbocycles. The molecule has 134 valence electrons. The summed E-state index contributed by atoms with van der Waals surface area (Å²) in [7, 11) is 2.15. The van der Waals surface area contributed by atoms with Gasteiger partial charge in [-0.2, -0.15) is 0 Å². The first-order chi connectivity index (χ1) is 12.8. The van der Waals surface area contributed by atoms with Crippen LogP contribution in [0.25, 0.3) is 10.8 Å². The van der Waals surface area contributed by atoms with Crippen molar-refractivity contribution in [2.75, 3.05) is 7.05 Å². The molecule has 1 fully saturated rings. The number of hydrogen-bond donors (Lipinski definition) is 0. The maximum Gasteiger partial charge on any atom is 0.131 e. The predicted molar refractivity (Wildman–Crippen MR) is 105 cm³/mol. The summed E-state index contributed by atoms with van der Waals surface area (Å²) in [6.45, 7) is 1.75. The number of fused-ring (bicyclic) bond motifs is 1. The number of benzene rings is 1. The molecule has 4 heteroatoms. The van der Waals surface area contributed by atoms with Gasteiger partial charge in [-0.3, -0.25) is 9.88 Å². The van der Waals surface area contributed by atoms with Crippen LogP contribution in [0.1, 0.15) is 55.0 Å². The van der Waals surface area contributed by atoms with Crippen molar-refractivity contribution < 1.29 is 0 Å². The van der Waals surface area contributed by atoms with Gasteiger partial charge in [-0.25, -0.2) is 9.97 Å².